The van der Waals surface area contributed by atoms with Crippen LogP contribution in [0.4, 0.5) is 5.69 Å². The van der Waals surface area contributed by atoms with Crippen molar-refractivity contribution in [1.82, 2.24) is 14.8 Å². The van der Waals surface area contributed by atoms with Gasteiger partial charge in [0.2, 0.25) is 10.0 Å². The van der Waals surface area contributed by atoms with E-state index in [0.29, 0.717) is 34.5 Å². The van der Waals surface area contributed by atoms with Gasteiger partial charge in [0.25, 0.3) is 0 Å². The molecule has 0 N–H and O–H groups in total. The molecule has 1 aliphatic rings. The minimum Gasteiger partial charge on any atom is -0.302 e. The fourth-order valence-electron chi connectivity index (χ4n) is 3.79. The van der Waals surface area contributed by atoms with Crippen LogP contribution in [0.1, 0.15) is 29.3 Å². The predicted molar refractivity (Wildman–Crippen MR) is 128 cm³/mol. The molecule has 0 bridgehead atoms. The Morgan fingerprint density at radius 3 is 2.59 bits per heavy atom. The highest BCUT2D eigenvalue weighted by Crippen LogP contribution is 2.31. The summed E-state index contributed by atoms with van der Waals surface area (Å²) in [5.74, 6) is 0.912. The number of hydrogen-bond acceptors (Lipinski definition) is 6. The van der Waals surface area contributed by atoms with Gasteiger partial charge in [-0.2, -0.15) is 0 Å². The van der Waals surface area contributed by atoms with E-state index < -0.39 is 10.0 Å². The summed E-state index contributed by atoms with van der Waals surface area (Å²) in [6.45, 7) is 3.14. The van der Waals surface area contributed by atoms with Gasteiger partial charge in [-0.25, -0.2) is 8.42 Å². The van der Waals surface area contributed by atoms with Gasteiger partial charge in [0.1, 0.15) is 0 Å². The third-order valence-electron chi connectivity index (χ3n) is 5.35. The normalized spacial score (nSPS) is 13.8. The van der Waals surface area contributed by atoms with Crippen LogP contribution in [0.3, 0.4) is 0 Å². The zero-order valence-electron chi connectivity index (χ0n) is 17.8. The second-order valence-electron chi connectivity index (χ2n) is 7.55. The zero-order chi connectivity index (χ0) is 22.9. The van der Waals surface area contributed by atoms with Gasteiger partial charge in [0.15, 0.2) is 16.8 Å². The van der Waals surface area contributed by atoms with Crippen molar-refractivity contribution >= 4 is 44.9 Å². The molecule has 4 rings (SSSR count). The van der Waals surface area contributed by atoms with Crippen LogP contribution in [0.5, 0.6) is 0 Å². The minimum atomic E-state index is -3.33. The Balaban J connectivity index is 1.50. The van der Waals surface area contributed by atoms with Gasteiger partial charge >= 0.3 is 0 Å². The quantitative estimate of drug-likeness (QED) is 0.362. The van der Waals surface area contributed by atoms with E-state index in [-0.39, 0.29) is 11.5 Å². The average molecular weight is 491 g/mol. The molecule has 0 saturated heterocycles. The molecule has 0 saturated carbocycles. The topological polar surface area (TPSA) is 85.2 Å². The maximum absolute atomic E-state index is 12.9. The molecule has 0 spiro atoms. The molecule has 10 heteroatoms. The Morgan fingerprint density at radius 2 is 1.91 bits per heavy atom. The molecule has 0 aliphatic carbocycles. The number of aryl methyl sites for hydroxylation is 1. The molecule has 3 aromatic rings. The first-order valence-corrected chi connectivity index (χ1v) is 13.4. The number of nitrogens with zero attached hydrogens (tertiary/aromatic N) is 4. The van der Waals surface area contributed by atoms with Crippen molar-refractivity contribution in [1.29, 1.82) is 0 Å². The minimum absolute atomic E-state index is 0.0343. The molecule has 0 unspecified atom stereocenters. The first-order chi connectivity index (χ1) is 15.3. The SMILES string of the molecule is CCn1c(SCC(=O)c2ccc3c(c2)CCCN3S(C)(=O)=O)nnc1-c1ccc(Cl)cc1. The first kappa shape index (κ1) is 22.8. The number of thioether (sulfide) groups is 1. The first-order valence-electron chi connectivity index (χ1n) is 10.2. The number of rotatable bonds is 7. The number of carbonyl (C=O) groups excluding carboxylic acids is 1. The van der Waals surface area contributed by atoms with Crippen LogP contribution in [-0.4, -0.2) is 47.5 Å². The third kappa shape index (κ3) is 4.69. The van der Waals surface area contributed by atoms with Crippen molar-refractivity contribution in [3.05, 3.63) is 58.6 Å². The van der Waals surface area contributed by atoms with Gasteiger partial charge in [0, 0.05) is 29.2 Å². The second-order valence-corrected chi connectivity index (χ2v) is 10.8. The van der Waals surface area contributed by atoms with Crippen molar-refractivity contribution in [2.75, 3.05) is 22.9 Å². The average Bonchev–Trinajstić information content (AvgIpc) is 3.19. The lowest BCUT2D eigenvalue weighted by molar-refractivity contribution is 0.102. The highest BCUT2D eigenvalue weighted by atomic mass is 35.5. The number of halogens is 1. The number of ketones is 1. The standard InChI is InChI=1S/C22H23ClN4O3S2/c1-3-26-21(15-6-9-18(23)10-7-15)24-25-22(26)31-14-20(28)17-8-11-19-16(13-17)5-4-12-27(19)32(2,29)30/h6-11,13H,3-5,12,14H2,1-2H3. The Labute approximate surface area is 196 Å². The molecule has 0 fully saturated rings. The van der Waals surface area contributed by atoms with Crippen LogP contribution >= 0.6 is 23.4 Å². The summed E-state index contributed by atoms with van der Waals surface area (Å²) in [5.41, 5.74) is 3.04. The van der Waals surface area contributed by atoms with Gasteiger partial charge in [-0.05, 0) is 67.8 Å². The highest BCUT2D eigenvalue weighted by Gasteiger charge is 2.25. The number of hydrogen-bond donors (Lipinski definition) is 0. The van der Waals surface area contributed by atoms with Crippen molar-refractivity contribution < 1.29 is 13.2 Å². The molecule has 0 amide bonds. The molecule has 0 radical (unpaired) electrons. The maximum atomic E-state index is 12.9. The summed E-state index contributed by atoms with van der Waals surface area (Å²) < 4.78 is 27.5. The van der Waals surface area contributed by atoms with E-state index in [9.17, 15) is 13.2 Å². The number of sulfonamides is 1. The molecule has 2 heterocycles. The fraction of sp³-hybridized carbons (Fsp3) is 0.318. The van der Waals surface area contributed by atoms with Crippen LogP contribution in [-0.2, 0) is 23.0 Å². The van der Waals surface area contributed by atoms with E-state index in [2.05, 4.69) is 10.2 Å². The van der Waals surface area contributed by atoms with Gasteiger partial charge in [-0.1, -0.05) is 23.4 Å². The predicted octanol–water partition coefficient (Wildman–Crippen LogP) is 4.31. The molecule has 2 aromatic carbocycles. The highest BCUT2D eigenvalue weighted by molar-refractivity contribution is 7.99. The third-order valence-corrected chi connectivity index (χ3v) is 7.74. The Hall–Kier alpha value is -2.36. The summed E-state index contributed by atoms with van der Waals surface area (Å²) in [7, 11) is -3.33. The summed E-state index contributed by atoms with van der Waals surface area (Å²) in [6.07, 6.45) is 2.70. The fourth-order valence-corrected chi connectivity index (χ4v) is 5.81. The van der Waals surface area contributed by atoms with Crippen LogP contribution in [0.15, 0.2) is 47.6 Å². The maximum Gasteiger partial charge on any atom is 0.232 e. The monoisotopic (exact) mass is 490 g/mol. The zero-order valence-corrected chi connectivity index (χ0v) is 20.2. The van der Waals surface area contributed by atoms with E-state index in [1.165, 1.54) is 22.3 Å². The number of carbonyl (C=O) groups is 1. The number of fused-ring (bicyclic) bond motifs is 1. The van der Waals surface area contributed by atoms with Gasteiger partial charge in [-0.3, -0.25) is 9.10 Å². The van der Waals surface area contributed by atoms with Crippen molar-refractivity contribution in [2.45, 2.75) is 31.5 Å². The number of aromatic nitrogens is 3. The second kappa shape index (κ2) is 9.25. The molecule has 7 nitrogen and oxygen atoms in total. The van der Waals surface area contributed by atoms with Gasteiger partial charge in [0.05, 0.1) is 17.7 Å². The molecular weight excluding hydrogens is 468 g/mol. The number of benzene rings is 2. The van der Waals surface area contributed by atoms with Gasteiger partial charge in [-0.15, -0.1) is 10.2 Å². The van der Waals surface area contributed by atoms with E-state index in [4.69, 9.17) is 11.6 Å². The van der Waals surface area contributed by atoms with E-state index in [1.54, 1.807) is 12.1 Å². The van der Waals surface area contributed by atoms with Crippen molar-refractivity contribution in [3.63, 3.8) is 0 Å². The molecule has 1 aliphatic heterocycles. The molecule has 0 atom stereocenters. The van der Waals surface area contributed by atoms with Crippen LogP contribution in [0.2, 0.25) is 5.02 Å². The van der Waals surface area contributed by atoms with Crippen molar-refractivity contribution in [3.8, 4) is 11.4 Å². The van der Waals surface area contributed by atoms with Crippen LogP contribution in [0.25, 0.3) is 11.4 Å². The van der Waals surface area contributed by atoms with Crippen LogP contribution < -0.4 is 4.31 Å². The summed E-state index contributed by atoms with van der Waals surface area (Å²) >= 11 is 7.32. The molecule has 1 aromatic heterocycles. The Kier molecular flexibility index (Phi) is 6.60. The smallest absolute Gasteiger partial charge is 0.232 e. The Bertz CT molecular complexity index is 1260. The summed E-state index contributed by atoms with van der Waals surface area (Å²) in [4.78, 5) is 12.9. The van der Waals surface area contributed by atoms with Gasteiger partial charge < -0.3 is 4.57 Å². The van der Waals surface area contributed by atoms with Crippen LogP contribution in [0, 0.1) is 0 Å². The lowest BCUT2D eigenvalue weighted by Gasteiger charge is -2.29. The number of Topliss-reactive ketones (excluding diaryl/α,β-unsaturated/α-hetero) is 1. The summed E-state index contributed by atoms with van der Waals surface area (Å²) in [6, 6.07) is 12.7. The number of anilines is 1. The lowest BCUT2D eigenvalue weighted by atomic mass is 9.99. The molecule has 32 heavy (non-hydrogen) atoms. The summed E-state index contributed by atoms with van der Waals surface area (Å²) in [5, 5.41) is 9.90. The Morgan fingerprint density at radius 1 is 1.16 bits per heavy atom. The van der Waals surface area contributed by atoms with E-state index >= 15 is 0 Å². The lowest BCUT2D eigenvalue weighted by Crippen LogP contribution is -2.34. The van der Waals surface area contributed by atoms with Crippen molar-refractivity contribution in [2.24, 2.45) is 0 Å². The van der Waals surface area contributed by atoms with E-state index in [0.717, 1.165) is 29.8 Å². The molecular formula is C22H23ClN4O3S2. The largest absolute Gasteiger partial charge is 0.302 e. The molecule has 168 valence electrons. The van der Waals surface area contributed by atoms with E-state index in [1.807, 2.05) is 41.8 Å².